The number of aliphatic carboxylic acids is 1. The minimum absolute atomic E-state index is 0.0524. The highest BCUT2D eigenvalue weighted by Gasteiger charge is 2.64. The molecule has 2 N–H and O–H groups in total. The molecule has 1 heterocycles. The highest BCUT2D eigenvalue weighted by molar-refractivity contribution is 5.80. The molecule has 2 aromatic rings. The molecule has 1 fully saturated rings. The number of nitrogens with one attached hydrogen (secondary N) is 1. The molecule has 0 bridgehead atoms. The molecule has 2 unspecified atom stereocenters. The van der Waals surface area contributed by atoms with Crippen molar-refractivity contribution in [1.29, 1.82) is 0 Å². The van der Waals surface area contributed by atoms with E-state index in [0.717, 1.165) is 22.6 Å². The number of H-pyrrole nitrogens is 1. The van der Waals surface area contributed by atoms with E-state index in [9.17, 15) is 9.90 Å². The van der Waals surface area contributed by atoms with Crippen LogP contribution >= 0.6 is 0 Å². The molecule has 1 aliphatic carbocycles. The maximum atomic E-state index is 11.2. The first-order chi connectivity index (χ1) is 8.95. The Morgan fingerprint density at radius 3 is 2.79 bits per heavy atom. The topological polar surface area (TPSA) is 75.2 Å². The summed E-state index contributed by atoms with van der Waals surface area (Å²) in [6, 6.07) is 5.59. The lowest BCUT2D eigenvalue weighted by molar-refractivity contribution is -0.139. The van der Waals surface area contributed by atoms with Crippen LogP contribution in [0.1, 0.15) is 25.6 Å². The molecule has 1 aromatic heterocycles. The number of carbonyl (C=O) groups is 1. The number of benzene rings is 1. The number of aromatic amines is 1. The van der Waals surface area contributed by atoms with E-state index in [-0.39, 0.29) is 17.3 Å². The Balaban J connectivity index is 2.01. The largest absolute Gasteiger partial charge is 0.497 e. The number of methoxy groups -OCH3 is 1. The van der Waals surface area contributed by atoms with Gasteiger partial charge in [0.15, 0.2) is 0 Å². The number of ether oxygens (including phenoxy) is 1. The van der Waals surface area contributed by atoms with E-state index >= 15 is 0 Å². The molecule has 0 saturated heterocycles. The van der Waals surface area contributed by atoms with E-state index in [2.05, 4.69) is 9.97 Å². The third kappa shape index (κ3) is 1.69. The number of carboxylic acids is 1. The molecule has 3 rings (SSSR count). The molecule has 0 radical (unpaired) electrons. The van der Waals surface area contributed by atoms with Gasteiger partial charge in [-0.1, -0.05) is 13.8 Å². The number of hydrogen-bond donors (Lipinski definition) is 2. The SMILES string of the molecule is COc1ccc2nc(C3C(C(=O)O)C3(C)C)[nH]c2c1. The van der Waals surface area contributed by atoms with Crippen molar-refractivity contribution in [3.05, 3.63) is 24.0 Å². The van der Waals surface area contributed by atoms with Gasteiger partial charge in [0, 0.05) is 12.0 Å². The molecule has 0 spiro atoms. The van der Waals surface area contributed by atoms with Gasteiger partial charge in [-0.15, -0.1) is 0 Å². The highest BCUT2D eigenvalue weighted by atomic mass is 16.5. The fourth-order valence-electron chi connectivity index (χ4n) is 2.89. The lowest BCUT2D eigenvalue weighted by atomic mass is 10.1. The first-order valence-corrected chi connectivity index (χ1v) is 6.21. The van der Waals surface area contributed by atoms with Crippen LogP contribution in [0.25, 0.3) is 11.0 Å². The fourth-order valence-corrected chi connectivity index (χ4v) is 2.89. The number of nitrogens with zero attached hydrogens (tertiary/aromatic N) is 1. The Morgan fingerprint density at radius 2 is 2.21 bits per heavy atom. The molecular formula is C14H16N2O3. The maximum absolute atomic E-state index is 11.2. The molecule has 0 aliphatic heterocycles. The van der Waals surface area contributed by atoms with Gasteiger partial charge in [-0.25, -0.2) is 4.98 Å². The van der Waals surface area contributed by atoms with E-state index in [0.29, 0.717) is 0 Å². The summed E-state index contributed by atoms with van der Waals surface area (Å²) < 4.78 is 5.17. The van der Waals surface area contributed by atoms with Crippen LogP contribution in [0.4, 0.5) is 0 Å². The van der Waals surface area contributed by atoms with Gasteiger partial charge in [0.1, 0.15) is 11.6 Å². The monoisotopic (exact) mass is 260 g/mol. The van der Waals surface area contributed by atoms with Crippen molar-refractivity contribution in [2.75, 3.05) is 7.11 Å². The zero-order valence-electron chi connectivity index (χ0n) is 11.1. The van der Waals surface area contributed by atoms with Crippen LogP contribution in [0, 0.1) is 11.3 Å². The molecule has 5 nitrogen and oxygen atoms in total. The van der Waals surface area contributed by atoms with Gasteiger partial charge in [-0.2, -0.15) is 0 Å². The normalized spacial score (nSPS) is 24.4. The first kappa shape index (κ1) is 12.0. The second-order valence-corrected chi connectivity index (χ2v) is 5.62. The lowest BCUT2D eigenvalue weighted by Crippen LogP contribution is -2.03. The standard InChI is InChI=1S/C14H16N2O3/c1-14(2)10(11(14)13(17)18)12-15-8-5-4-7(19-3)6-9(8)16-12/h4-6,10-11H,1-3H3,(H,15,16)(H,17,18). The highest BCUT2D eigenvalue weighted by Crippen LogP contribution is 2.63. The Bertz CT molecular complexity index is 660. The Kier molecular flexibility index (Phi) is 2.36. The van der Waals surface area contributed by atoms with Crippen LogP contribution < -0.4 is 4.74 Å². The van der Waals surface area contributed by atoms with E-state index in [1.807, 2.05) is 32.0 Å². The smallest absolute Gasteiger partial charge is 0.307 e. The van der Waals surface area contributed by atoms with Gasteiger partial charge < -0.3 is 14.8 Å². The van der Waals surface area contributed by atoms with Gasteiger partial charge in [0.05, 0.1) is 24.1 Å². The third-order valence-electron chi connectivity index (χ3n) is 4.10. The summed E-state index contributed by atoms with van der Waals surface area (Å²) in [7, 11) is 1.61. The van der Waals surface area contributed by atoms with Crippen LogP contribution in [0.15, 0.2) is 18.2 Å². The van der Waals surface area contributed by atoms with E-state index < -0.39 is 5.97 Å². The Morgan fingerprint density at radius 1 is 1.47 bits per heavy atom. The van der Waals surface area contributed by atoms with Crippen molar-refractivity contribution >= 4 is 17.0 Å². The Hall–Kier alpha value is -2.04. The first-order valence-electron chi connectivity index (χ1n) is 6.21. The van der Waals surface area contributed by atoms with Gasteiger partial charge >= 0.3 is 5.97 Å². The number of imidazole rings is 1. The van der Waals surface area contributed by atoms with Crippen molar-refractivity contribution in [2.24, 2.45) is 11.3 Å². The predicted octanol–water partition coefficient (Wildman–Crippen LogP) is 2.40. The third-order valence-corrected chi connectivity index (χ3v) is 4.10. The van der Waals surface area contributed by atoms with E-state index in [1.54, 1.807) is 7.11 Å². The summed E-state index contributed by atoms with van der Waals surface area (Å²) >= 11 is 0. The summed E-state index contributed by atoms with van der Waals surface area (Å²) in [5.74, 6) is 0.333. The zero-order chi connectivity index (χ0) is 13.8. The molecule has 1 aliphatic rings. The predicted molar refractivity (Wildman–Crippen MR) is 70.3 cm³/mol. The van der Waals surface area contributed by atoms with Gasteiger partial charge in [0.2, 0.25) is 0 Å². The van der Waals surface area contributed by atoms with Crippen molar-refractivity contribution in [3.63, 3.8) is 0 Å². The fraction of sp³-hybridized carbons (Fsp3) is 0.429. The molecule has 1 saturated carbocycles. The van der Waals surface area contributed by atoms with Crippen molar-refractivity contribution in [2.45, 2.75) is 19.8 Å². The second kappa shape index (κ2) is 3.73. The minimum atomic E-state index is -0.756. The lowest BCUT2D eigenvalue weighted by Gasteiger charge is -1.97. The summed E-state index contributed by atoms with van der Waals surface area (Å²) in [5.41, 5.74) is 1.47. The number of carboxylic acid groups (broad SMARTS) is 1. The summed E-state index contributed by atoms with van der Waals surface area (Å²) in [6.45, 7) is 3.93. The number of rotatable bonds is 3. The quantitative estimate of drug-likeness (QED) is 0.888. The van der Waals surface area contributed by atoms with Gasteiger partial charge in [0.25, 0.3) is 0 Å². The number of hydrogen-bond acceptors (Lipinski definition) is 3. The van der Waals surface area contributed by atoms with Crippen LogP contribution in [0.3, 0.4) is 0 Å². The summed E-state index contributed by atoms with van der Waals surface area (Å²) in [6.07, 6.45) is 0. The van der Waals surface area contributed by atoms with Crippen LogP contribution in [-0.4, -0.2) is 28.2 Å². The van der Waals surface area contributed by atoms with E-state index in [4.69, 9.17) is 4.74 Å². The average molecular weight is 260 g/mol. The van der Waals surface area contributed by atoms with Crippen molar-refractivity contribution in [3.8, 4) is 5.75 Å². The average Bonchev–Trinajstić information content (AvgIpc) is 2.75. The van der Waals surface area contributed by atoms with Gasteiger partial charge in [-0.05, 0) is 17.5 Å². The molecule has 100 valence electrons. The summed E-state index contributed by atoms with van der Waals surface area (Å²) in [5, 5.41) is 9.22. The molecule has 0 amide bonds. The molecule has 19 heavy (non-hydrogen) atoms. The van der Waals surface area contributed by atoms with Crippen LogP contribution in [0.5, 0.6) is 5.75 Å². The summed E-state index contributed by atoms with van der Waals surface area (Å²) in [4.78, 5) is 18.9. The molecule has 5 heteroatoms. The minimum Gasteiger partial charge on any atom is -0.497 e. The van der Waals surface area contributed by atoms with Gasteiger partial charge in [-0.3, -0.25) is 4.79 Å². The number of fused-ring (bicyclic) bond motifs is 1. The maximum Gasteiger partial charge on any atom is 0.307 e. The molecular weight excluding hydrogens is 244 g/mol. The number of aromatic nitrogens is 2. The Labute approximate surface area is 110 Å². The van der Waals surface area contributed by atoms with Crippen molar-refractivity contribution < 1.29 is 14.6 Å². The van der Waals surface area contributed by atoms with Crippen molar-refractivity contribution in [1.82, 2.24) is 9.97 Å². The molecule has 2 atom stereocenters. The zero-order valence-corrected chi connectivity index (χ0v) is 11.1. The second-order valence-electron chi connectivity index (χ2n) is 5.62. The van der Waals surface area contributed by atoms with Crippen LogP contribution in [0.2, 0.25) is 0 Å². The van der Waals surface area contributed by atoms with E-state index in [1.165, 1.54) is 0 Å². The molecule has 1 aromatic carbocycles. The van der Waals surface area contributed by atoms with Crippen LogP contribution in [-0.2, 0) is 4.79 Å².